The molecule has 0 radical (unpaired) electrons. The van der Waals surface area contributed by atoms with Crippen LogP contribution in [0.5, 0.6) is 11.5 Å². The van der Waals surface area contributed by atoms with Crippen LogP contribution in [0.3, 0.4) is 0 Å². The van der Waals surface area contributed by atoms with Gasteiger partial charge in [-0.3, -0.25) is 0 Å². The third-order valence-corrected chi connectivity index (χ3v) is 1.51. The molecule has 13 heavy (non-hydrogen) atoms. The zero-order valence-corrected chi connectivity index (χ0v) is 6.90. The normalized spacial score (nSPS) is 9.00. The number of hydrogen-bond donors (Lipinski definition) is 3. The number of hydrogen-bond acceptors (Lipinski definition) is 3. The van der Waals surface area contributed by atoms with Gasteiger partial charge >= 0.3 is 5.97 Å². The van der Waals surface area contributed by atoms with Gasteiger partial charge in [0.2, 0.25) is 0 Å². The smallest absolute Gasteiger partial charge is 0.339 e. The second-order valence-corrected chi connectivity index (χ2v) is 2.46. The van der Waals surface area contributed by atoms with E-state index in [4.69, 9.17) is 15.3 Å². The second-order valence-electron chi connectivity index (χ2n) is 2.46. The topological polar surface area (TPSA) is 109 Å². The molecular weight excluding hydrogens is 176 g/mol. The maximum atomic E-state index is 10.5. The minimum absolute atomic E-state index is 0. The number of aromatic carboxylic acids is 1. The summed E-state index contributed by atoms with van der Waals surface area (Å²) in [4.78, 5) is 10.5. The Morgan fingerprint density at radius 3 is 2.23 bits per heavy atom. The summed E-state index contributed by atoms with van der Waals surface area (Å²) in [5.74, 6) is -1.76. The van der Waals surface area contributed by atoms with E-state index < -0.39 is 11.7 Å². The van der Waals surface area contributed by atoms with E-state index in [0.29, 0.717) is 5.56 Å². The van der Waals surface area contributed by atoms with Crippen molar-refractivity contribution in [3.05, 3.63) is 23.3 Å². The Morgan fingerprint density at radius 2 is 1.85 bits per heavy atom. The molecule has 1 aromatic rings. The molecule has 0 unspecified atom stereocenters. The van der Waals surface area contributed by atoms with Crippen molar-refractivity contribution in [3.8, 4) is 11.5 Å². The van der Waals surface area contributed by atoms with E-state index in [1.807, 2.05) is 0 Å². The summed E-state index contributed by atoms with van der Waals surface area (Å²) < 4.78 is 0. The Hall–Kier alpha value is -1.75. The number of aryl methyl sites for hydroxylation is 1. The summed E-state index contributed by atoms with van der Waals surface area (Å²) in [7, 11) is 0. The molecule has 0 saturated carbocycles. The predicted octanol–water partition coefficient (Wildman–Crippen LogP) is 0.280. The molecule has 0 aliphatic carbocycles. The molecule has 1 aromatic carbocycles. The number of benzene rings is 1. The first kappa shape index (κ1) is 11.2. The highest BCUT2D eigenvalue weighted by molar-refractivity contribution is 5.92. The molecule has 1 rings (SSSR count). The highest BCUT2D eigenvalue weighted by Crippen LogP contribution is 2.26. The van der Waals surface area contributed by atoms with Gasteiger partial charge in [0, 0.05) is 6.07 Å². The van der Waals surface area contributed by atoms with Gasteiger partial charge in [-0.1, -0.05) is 0 Å². The van der Waals surface area contributed by atoms with E-state index in [1.54, 1.807) is 0 Å². The SMILES string of the molecule is Cc1cc(O)cc(O)c1C(=O)O.O. The average molecular weight is 186 g/mol. The fourth-order valence-electron chi connectivity index (χ4n) is 1.03. The van der Waals surface area contributed by atoms with Crippen LogP contribution in [-0.4, -0.2) is 26.8 Å². The van der Waals surface area contributed by atoms with Gasteiger partial charge in [0.05, 0.1) is 0 Å². The summed E-state index contributed by atoms with van der Waals surface area (Å²) in [5.41, 5.74) is 0.160. The lowest BCUT2D eigenvalue weighted by Crippen LogP contribution is -1.99. The highest BCUT2D eigenvalue weighted by atomic mass is 16.4. The molecule has 0 amide bonds. The molecule has 0 heterocycles. The molecule has 0 aliphatic rings. The highest BCUT2D eigenvalue weighted by Gasteiger charge is 2.13. The maximum Gasteiger partial charge on any atom is 0.339 e. The van der Waals surface area contributed by atoms with Crippen LogP contribution in [-0.2, 0) is 0 Å². The van der Waals surface area contributed by atoms with Gasteiger partial charge in [0.25, 0.3) is 0 Å². The Balaban J connectivity index is 0.00000144. The fourth-order valence-corrected chi connectivity index (χ4v) is 1.03. The molecule has 0 aromatic heterocycles. The molecule has 0 spiro atoms. The lowest BCUT2D eigenvalue weighted by Gasteiger charge is -2.03. The van der Waals surface area contributed by atoms with Crippen molar-refractivity contribution < 1.29 is 25.6 Å². The number of aromatic hydroxyl groups is 2. The van der Waals surface area contributed by atoms with E-state index in [-0.39, 0.29) is 16.8 Å². The Morgan fingerprint density at radius 1 is 1.31 bits per heavy atom. The Bertz CT molecular complexity index is 308. The van der Waals surface area contributed by atoms with Gasteiger partial charge in [-0.05, 0) is 18.6 Å². The van der Waals surface area contributed by atoms with Crippen molar-refractivity contribution >= 4 is 5.97 Å². The molecular formula is C8H10O5. The molecule has 0 bridgehead atoms. The van der Waals surface area contributed by atoms with Crippen LogP contribution in [0.2, 0.25) is 0 Å². The zero-order chi connectivity index (χ0) is 9.30. The standard InChI is InChI=1S/C8H8O4.H2O/c1-4-2-5(9)3-6(10)7(4)8(11)12;/h2-3,9-10H,1H3,(H,11,12);1H2. The van der Waals surface area contributed by atoms with Crippen LogP contribution in [0.25, 0.3) is 0 Å². The van der Waals surface area contributed by atoms with Crippen LogP contribution in [0.4, 0.5) is 0 Å². The first-order valence-electron chi connectivity index (χ1n) is 3.28. The van der Waals surface area contributed by atoms with Gasteiger partial charge in [0.1, 0.15) is 17.1 Å². The Kier molecular flexibility index (Phi) is 3.26. The minimum atomic E-state index is -1.20. The van der Waals surface area contributed by atoms with E-state index in [1.165, 1.54) is 13.0 Å². The van der Waals surface area contributed by atoms with E-state index in [9.17, 15) is 4.79 Å². The lowest BCUT2D eigenvalue weighted by atomic mass is 10.1. The number of phenolic OH excluding ortho intramolecular Hbond substituents is 1. The molecule has 72 valence electrons. The summed E-state index contributed by atoms with van der Waals surface area (Å²) in [6, 6.07) is 2.28. The largest absolute Gasteiger partial charge is 0.508 e. The van der Waals surface area contributed by atoms with Gasteiger partial charge in [-0.2, -0.15) is 0 Å². The van der Waals surface area contributed by atoms with Crippen LogP contribution in [0.15, 0.2) is 12.1 Å². The quantitative estimate of drug-likeness (QED) is 0.585. The van der Waals surface area contributed by atoms with Crippen molar-refractivity contribution in [3.63, 3.8) is 0 Å². The van der Waals surface area contributed by atoms with Crippen molar-refractivity contribution in [2.75, 3.05) is 0 Å². The van der Waals surface area contributed by atoms with Gasteiger partial charge in [-0.15, -0.1) is 0 Å². The molecule has 5 nitrogen and oxygen atoms in total. The predicted molar refractivity (Wildman–Crippen MR) is 45.1 cm³/mol. The molecule has 5 N–H and O–H groups in total. The minimum Gasteiger partial charge on any atom is -0.508 e. The molecule has 0 atom stereocenters. The summed E-state index contributed by atoms with van der Waals surface area (Å²) in [6.45, 7) is 1.50. The lowest BCUT2D eigenvalue weighted by molar-refractivity contribution is 0.0693. The van der Waals surface area contributed by atoms with E-state index in [0.717, 1.165) is 6.07 Å². The summed E-state index contributed by atoms with van der Waals surface area (Å²) >= 11 is 0. The number of rotatable bonds is 1. The van der Waals surface area contributed by atoms with Crippen LogP contribution >= 0.6 is 0 Å². The molecule has 0 fully saturated rings. The summed E-state index contributed by atoms with van der Waals surface area (Å²) in [5, 5.41) is 26.6. The fraction of sp³-hybridized carbons (Fsp3) is 0.125. The average Bonchev–Trinajstić information content (AvgIpc) is 1.82. The monoisotopic (exact) mass is 186 g/mol. The zero-order valence-electron chi connectivity index (χ0n) is 6.90. The van der Waals surface area contributed by atoms with Gasteiger partial charge < -0.3 is 20.8 Å². The van der Waals surface area contributed by atoms with E-state index >= 15 is 0 Å². The molecule has 0 saturated heterocycles. The first-order valence-corrected chi connectivity index (χ1v) is 3.28. The van der Waals surface area contributed by atoms with Crippen molar-refractivity contribution in [1.29, 1.82) is 0 Å². The van der Waals surface area contributed by atoms with Gasteiger partial charge in [-0.25, -0.2) is 4.79 Å². The maximum absolute atomic E-state index is 10.5. The van der Waals surface area contributed by atoms with E-state index in [2.05, 4.69) is 0 Å². The van der Waals surface area contributed by atoms with Crippen LogP contribution < -0.4 is 0 Å². The number of carboxylic acid groups (broad SMARTS) is 1. The molecule has 5 heteroatoms. The van der Waals surface area contributed by atoms with Gasteiger partial charge in [0.15, 0.2) is 0 Å². The molecule has 0 aliphatic heterocycles. The first-order chi connectivity index (χ1) is 5.52. The third kappa shape index (κ3) is 2.09. The number of carboxylic acids is 1. The number of phenols is 2. The second kappa shape index (κ2) is 3.77. The number of carbonyl (C=O) groups is 1. The van der Waals surface area contributed by atoms with Crippen molar-refractivity contribution in [2.45, 2.75) is 6.92 Å². The van der Waals surface area contributed by atoms with Crippen LogP contribution in [0, 0.1) is 6.92 Å². The van der Waals surface area contributed by atoms with Crippen molar-refractivity contribution in [1.82, 2.24) is 0 Å². The third-order valence-electron chi connectivity index (χ3n) is 1.51. The van der Waals surface area contributed by atoms with Crippen LogP contribution in [0.1, 0.15) is 15.9 Å². The summed E-state index contributed by atoms with van der Waals surface area (Å²) in [6.07, 6.45) is 0. The Labute approximate surface area is 74.2 Å². The van der Waals surface area contributed by atoms with Crippen molar-refractivity contribution in [2.24, 2.45) is 0 Å².